The Balaban J connectivity index is 1.29. The van der Waals surface area contributed by atoms with E-state index in [4.69, 9.17) is 10.5 Å². The maximum absolute atomic E-state index is 12.9. The fourth-order valence-electron chi connectivity index (χ4n) is 4.30. The number of aryl methyl sites for hydroxylation is 2. The third-order valence-corrected chi connectivity index (χ3v) is 5.97. The Kier molecular flexibility index (Phi) is 6.96. The molecule has 1 aromatic carbocycles. The first kappa shape index (κ1) is 22.2. The van der Waals surface area contributed by atoms with Crippen molar-refractivity contribution in [3.05, 3.63) is 53.1 Å². The zero-order valence-corrected chi connectivity index (χ0v) is 18.1. The van der Waals surface area contributed by atoms with E-state index in [2.05, 4.69) is 10.3 Å². The third-order valence-electron chi connectivity index (χ3n) is 5.97. The van der Waals surface area contributed by atoms with E-state index in [0.717, 1.165) is 42.6 Å². The number of aromatic nitrogens is 2. The number of carbonyl (C=O) groups is 3. The van der Waals surface area contributed by atoms with E-state index >= 15 is 0 Å². The molecular weight excluding hydrogens is 410 g/mol. The Morgan fingerprint density at radius 1 is 1.22 bits per heavy atom. The summed E-state index contributed by atoms with van der Waals surface area (Å²) in [6, 6.07) is 5.13. The third kappa shape index (κ3) is 4.89. The van der Waals surface area contributed by atoms with Crippen molar-refractivity contribution in [2.24, 2.45) is 5.73 Å². The molecule has 1 atom stereocenters. The molecule has 4 rings (SSSR count). The van der Waals surface area contributed by atoms with Gasteiger partial charge in [-0.25, -0.2) is 4.98 Å². The predicted octanol–water partition coefficient (Wildman–Crippen LogP) is 1.14. The first-order chi connectivity index (χ1) is 15.6. The number of imidazole rings is 1. The van der Waals surface area contributed by atoms with Gasteiger partial charge in [-0.1, -0.05) is 12.1 Å². The first-order valence-corrected chi connectivity index (χ1v) is 11.1. The number of nitrogens with two attached hydrogens (primary N) is 1. The molecule has 3 N–H and O–H groups in total. The van der Waals surface area contributed by atoms with Gasteiger partial charge in [0, 0.05) is 37.9 Å². The normalized spacial score (nSPS) is 18.2. The molecule has 2 aliphatic heterocycles. The van der Waals surface area contributed by atoms with Crippen molar-refractivity contribution in [1.82, 2.24) is 19.8 Å². The summed E-state index contributed by atoms with van der Waals surface area (Å²) < 4.78 is 7.80. The molecule has 3 amide bonds. The maximum atomic E-state index is 12.9. The molecule has 1 aromatic heterocycles. The summed E-state index contributed by atoms with van der Waals surface area (Å²) in [4.78, 5) is 42.5. The van der Waals surface area contributed by atoms with Crippen molar-refractivity contribution in [1.29, 1.82) is 0 Å². The monoisotopic (exact) mass is 439 g/mol. The van der Waals surface area contributed by atoms with Crippen molar-refractivity contribution >= 4 is 17.7 Å². The van der Waals surface area contributed by atoms with E-state index in [0.29, 0.717) is 38.3 Å². The number of ether oxygens (including phenoxy) is 1. The number of amides is 3. The van der Waals surface area contributed by atoms with Crippen LogP contribution in [-0.2, 0) is 40.4 Å². The maximum Gasteiger partial charge on any atom is 0.255 e. The zero-order chi connectivity index (χ0) is 22.5. The molecule has 1 fully saturated rings. The number of nitrogens with zero attached hydrogens (tertiary/aromatic N) is 3. The molecule has 0 saturated carbocycles. The summed E-state index contributed by atoms with van der Waals surface area (Å²) in [6.45, 7) is 2.97. The lowest BCUT2D eigenvalue weighted by Gasteiger charge is -2.29. The van der Waals surface area contributed by atoms with Gasteiger partial charge in [-0.05, 0) is 49.4 Å². The van der Waals surface area contributed by atoms with E-state index < -0.39 is 6.04 Å². The molecule has 9 nitrogen and oxygen atoms in total. The molecule has 9 heteroatoms. The van der Waals surface area contributed by atoms with Crippen LogP contribution in [0, 0.1) is 0 Å². The Hall–Kier alpha value is -3.04. The highest BCUT2D eigenvalue weighted by Crippen LogP contribution is 2.30. The van der Waals surface area contributed by atoms with E-state index in [1.165, 1.54) is 0 Å². The summed E-state index contributed by atoms with van der Waals surface area (Å²) in [5.74, 6) is -0.806. The van der Waals surface area contributed by atoms with Gasteiger partial charge in [0.05, 0.1) is 18.6 Å². The number of piperidine rings is 1. The lowest BCUT2D eigenvalue weighted by atomic mass is 10.00. The van der Waals surface area contributed by atoms with Gasteiger partial charge in [-0.3, -0.25) is 19.7 Å². The number of hydrogen-bond acceptors (Lipinski definition) is 6. The minimum Gasteiger partial charge on any atom is -0.375 e. The van der Waals surface area contributed by atoms with Gasteiger partial charge >= 0.3 is 0 Å². The van der Waals surface area contributed by atoms with Crippen molar-refractivity contribution in [2.75, 3.05) is 13.2 Å². The average Bonchev–Trinajstić information content (AvgIpc) is 3.37. The molecule has 0 radical (unpaired) electrons. The minimum absolute atomic E-state index is 0.141. The van der Waals surface area contributed by atoms with Gasteiger partial charge in [0.2, 0.25) is 11.8 Å². The van der Waals surface area contributed by atoms with Gasteiger partial charge in [0.15, 0.2) is 0 Å². The topological polar surface area (TPSA) is 120 Å². The first-order valence-electron chi connectivity index (χ1n) is 11.1. The zero-order valence-electron chi connectivity index (χ0n) is 18.1. The number of carbonyl (C=O) groups excluding carboxylic acids is 3. The van der Waals surface area contributed by atoms with Crippen molar-refractivity contribution in [2.45, 2.75) is 57.8 Å². The van der Waals surface area contributed by atoms with Gasteiger partial charge in [0.25, 0.3) is 5.91 Å². The van der Waals surface area contributed by atoms with Crippen molar-refractivity contribution in [3.63, 3.8) is 0 Å². The van der Waals surface area contributed by atoms with E-state index in [1.54, 1.807) is 11.2 Å². The highest BCUT2D eigenvalue weighted by atomic mass is 16.5. The molecule has 0 spiro atoms. The molecule has 2 aromatic rings. The summed E-state index contributed by atoms with van der Waals surface area (Å²) in [6.07, 6.45) is 6.92. The Morgan fingerprint density at radius 3 is 2.91 bits per heavy atom. The van der Waals surface area contributed by atoms with Crippen LogP contribution in [0.4, 0.5) is 0 Å². The molecule has 1 saturated heterocycles. The molecule has 32 heavy (non-hydrogen) atoms. The molecule has 0 bridgehead atoms. The van der Waals surface area contributed by atoms with Gasteiger partial charge in [-0.15, -0.1) is 0 Å². The number of fused-ring (bicyclic) bond motifs is 1. The quantitative estimate of drug-likeness (QED) is 0.423. The van der Waals surface area contributed by atoms with Crippen LogP contribution in [-0.4, -0.2) is 51.4 Å². The van der Waals surface area contributed by atoms with Crippen molar-refractivity contribution in [3.8, 4) is 0 Å². The summed E-state index contributed by atoms with van der Waals surface area (Å²) in [7, 11) is 0. The lowest BCUT2D eigenvalue weighted by molar-refractivity contribution is -0.136. The van der Waals surface area contributed by atoms with E-state index in [-0.39, 0.29) is 24.1 Å². The Morgan fingerprint density at radius 2 is 2.09 bits per heavy atom. The van der Waals surface area contributed by atoms with Crippen LogP contribution >= 0.6 is 0 Å². The van der Waals surface area contributed by atoms with Crippen LogP contribution in [0.2, 0.25) is 0 Å². The van der Waals surface area contributed by atoms with Crippen LogP contribution in [0.1, 0.15) is 52.9 Å². The van der Waals surface area contributed by atoms with Gasteiger partial charge in [0.1, 0.15) is 6.04 Å². The average molecular weight is 440 g/mol. The Bertz CT molecular complexity index is 1000. The molecule has 2 aliphatic rings. The van der Waals surface area contributed by atoms with Crippen LogP contribution in [0.25, 0.3) is 0 Å². The van der Waals surface area contributed by atoms with Gasteiger partial charge < -0.3 is 19.9 Å². The minimum atomic E-state index is -0.589. The number of imide groups is 1. The lowest BCUT2D eigenvalue weighted by Crippen LogP contribution is -2.52. The second-order valence-electron chi connectivity index (χ2n) is 8.24. The smallest absolute Gasteiger partial charge is 0.255 e. The highest BCUT2D eigenvalue weighted by Gasteiger charge is 2.39. The SMILES string of the molecule is NCCCn1cnc(COCCCc2cccc3c2CN(C2CCC(=O)NC2=O)C3=O)c1. The highest BCUT2D eigenvalue weighted by molar-refractivity contribution is 6.05. The van der Waals surface area contributed by atoms with Crippen LogP contribution in [0.15, 0.2) is 30.7 Å². The largest absolute Gasteiger partial charge is 0.375 e. The molecule has 170 valence electrons. The number of nitrogens with one attached hydrogen (secondary N) is 1. The number of rotatable bonds is 10. The number of benzene rings is 1. The molecular formula is C23H29N5O4. The molecule has 0 aliphatic carbocycles. The standard InChI is InChI=1S/C23H29N5O4/c24-9-3-10-27-12-17(25-15-27)14-32-11-2-5-16-4-1-6-18-19(16)13-28(23(18)31)20-7-8-21(29)26-22(20)30/h1,4,6,12,15,20H,2-3,5,7-11,13-14,24H2,(H,26,29,30). The second kappa shape index (κ2) is 10.1. The summed E-state index contributed by atoms with van der Waals surface area (Å²) in [5, 5.41) is 2.34. The van der Waals surface area contributed by atoms with Crippen LogP contribution in [0.5, 0.6) is 0 Å². The van der Waals surface area contributed by atoms with Crippen LogP contribution < -0.4 is 11.1 Å². The van der Waals surface area contributed by atoms with E-state index in [1.807, 2.05) is 29.0 Å². The fraction of sp³-hybridized carbons (Fsp3) is 0.478. The van der Waals surface area contributed by atoms with Crippen LogP contribution in [0.3, 0.4) is 0 Å². The Labute approximate surface area is 186 Å². The predicted molar refractivity (Wildman–Crippen MR) is 116 cm³/mol. The molecule has 3 heterocycles. The fourth-order valence-corrected chi connectivity index (χ4v) is 4.30. The van der Waals surface area contributed by atoms with Gasteiger partial charge in [-0.2, -0.15) is 0 Å². The second-order valence-corrected chi connectivity index (χ2v) is 8.24. The molecule has 1 unspecified atom stereocenters. The van der Waals surface area contributed by atoms with E-state index in [9.17, 15) is 14.4 Å². The number of hydrogen-bond donors (Lipinski definition) is 2. The van der Waals surface area contributed by atoms with Crippen molar-refractivity contribution < 1.29 is 19.1 Å². The summed E-state index contributed by atoms with van der Waals surface area (Å²) >= 11 is 0. The summed E-state index contributed by atoms with van der Waals surface area (Å²) in [5.41, 5.74) is 9.15.